The minimum absolute atomic E-state index is 0.0736. The van der Waals surface area contributed by atoms with Crippen LogP contribution in [0.1, 0.15) is 111 Å². The van der Waals surface area contributed by atoms with E-state index in [0.29, 0.717) is 0 Å². The van der Waals surface area contributed by atoms with Crippen LogP contribution in [0.3, 0.4) is 0 Å². The fraction of sp³-hybridized carbons (Fsp3) is 1.00. The predicted molar refractivity (Wildman–Crippen MR) is 108 cm³/mol. The van der Waals surface area contributed by atoms with Crippen LogP contribution in [-0.4, -0.2) is 43.7 Å². The number of rotatable bonds is 16. The molecule has 0 amide bonds. The second-order valence-corrected chi connectivity index (χ2v) is 12.1. The first-order chi connectivity index (χ1) is 10.8. The standard InChI is InChI=1S/2C8H17.C4H9.2Sn/c2*1-3-5-7-8-6-4-2;1-3-4-2;;/h2*1,3-8H2,2H3;1,3-4H2,2H3;;. The fourth-order valence-corrected chi connectivity index (χ4v) is 6.94. The van der Waals surface area contributed by atoms with Gasteiger partial charge in [-0.1, -0.05) is 0 Å². The van der Waals surface area contributed by atoms with Gasteiger partial charge in [-0.3, -0.25) is 0 Å². The number of hydrogen-bond donors (Lipinski definition) is 0. The fourth-order valence-electron chi connectivity index (χ4n) is 2.36. The molecule has 0 aliphatic carbocycles. The topological polar surface area (TPSA) is 0 Å². The molecular weight excluding hydrogens is 478 g/mol. The van der Waals surface area contributed by atoms with Crippen LogP contribution in [0.4, 0.5) is 0 Å². The van der Waals surface area contributed by atoms with E-state index in [9.17, 15) is 0 Å². The zero-order valence-electron chi connectivity index (χ0n) is 16.0. The average molecular weight is 521 g/mol. The van der Waals surface area contributed by atoms with Gasteiger partial charge in [0.15, 0.2) is 0 Å². The van der Waals surface area contributed by atoms with Crippen molar-refractivity contribution < 1.29 is 0 Å². The van der Waals surface area contributed by atoms with E-state index in [1.54, 1.807) is 44.2 Å². The second-order valence-electron chi connectivity index (χ2n) is 6.39. The minimum atomic E-state index is 0.0736. The molecule has 0 atom stereocenters. The van der Waals surface area contributed by atoms with E-state index in [2.05, 4.69) is 20.8 Å². The van der Waals surface area contributed by atoms with Gasteiger partial charge in [-0.15, -0.1) is 0 Å². The Balaban J connectivity index is 0. The molecule has 0 aromatic carbocycles. The molecule has 22 heavy (non-hydrogen) atoms. The first-order valence-corrected chi connectivity index (χ1v) is 16.2. The average Bonchev–Trinajstić information content (AvgIpc) is 2.53. The summed E-state index contributed by atoms with van der Waals surface area (Å²) in [5, 5.41) is 0. The number of hydrogen-bond acceptors (Lipinski definition) is 0. The molecule has 131 valence electrons. The summed E-state index contributed by atoms with van der Waals surface area (Å²) in [6.45, 7) is 6.83. The Bertz CT molecular complexity index is 144. The molecule has 0 unspecified atom stereocenters. The van der Waals surface area contributed by atoms with Crippen LogP contribution in [0.25, 0.3) is 0 Å². The van der Waals surface area contributed by atoms with Crippen molar-refractivity contribution in [1.29, 1.82) is 0 Å². The molecule has 0 saturated carbocycles. The van der Waals surface area contributed by atoms with Crippen molar-refractivity contribution in [1.82, 2.24) is 0 Å². The molecule has 0 aromatic rings. The molecule has 0 aliphatic rings. The van der Waals surface area contributed by atoms with Crippen LogP contribution in [0.2, 0.25) is 13.3 Å². The zero-order valence-corrected chi connectivity index (χ0v) is 21.7. The third kappa shape index (κ3) is 29.6. The van der Waals surface area contributed by atoms with Crippen LogP contribution in [-0.2, 0) is 0 Å². The van der Waals surface area contributed by atoms with Crippen molar-refractivity contribution in [2.45, 2.75) is 124 Å². The Morgan fingerprint density at radius 1 is 0.500 bits per heavy atom. The summed E-state index contributed by atoms with van der Waals surface area (Å²) in [5.74, 6) is 0. The van der Waals surface area contributed by atoms with Crippen LogP contribution in [0, 0.1) is 0 Å². The molecule has 0 heterocycles. The molecule has 0 aromatic heterocycles. The second kappa shape index (κ2) is 27.4. The Kier molecular flexibility index (Phi) is 32.2. The first-order valence-electron chi connectivity index (χ1n) is 10.2. The maximum absolute atomic E-state index is 2.30. The van der Waals surface area contributed by atoms with Crippen LogP contribution < -0.4 is 0 Å². The molecule has 0 rings (SSSR count). The SMILES string of the molecule is CCCCCCC[CH2][Sn][CH2]CCCCCCC.CCC[CH2][Sn]. The third-order valence-electron chi connectivity index (χ3n) is 3.94. The van der Waals surface area contributed by atoms with E-state index in [4.69, 9.17) is 0 Å². The van der Waals surface area contributed by atoms with Crippen molar-refractivity contribution >= 4 is 43.7 Å². The first kappa shape index (κ1) is 25.8. The summed E-state index contributed by atoms with van der Waals surface area (Å²) in [5.41, 5.74) is 0. The number of unbranched alkanes of at least 4 members (excludes halogenated alkanes) is 11. The predicted octanol–water partition coefficient (Wildman–Crippen LogP) is 7.62. The summed E-state index contributed by atoms with van der Waals surface area (Å²) in [6.07, 6.45) is 20.6. The quantitative estimate of drug-likeness (QED) is 0.145. The van der Waals surface area contributed by atoms with Gasteiger partial charge < -0.3 is 0 Å². The normalized spacial score (nSPS) is 10.4. The van der Waals surface area contributed by atoms with Gasteiger partial charge in [0.2, 0.25) is 0 Å². The molecule has 0 aliphatic heterocycles. The summed E-state index contributed by atoms with van der Waals surface area (Å²) in [7, 11) is 0. The molecule has 0 spiro atoms. The van der Waals surface area contributed by atoms with Crippen molar-refractivity contribution in [2.75, 3.05) is 0 Å². The molecule has 0 N–H and O–H groups in total. The van der Waals surface area contributed by atoms with E-state index in [1.807, 2.05) is 0 Å². The van der Waals surface area contributed by atoms with Gasteiger partial charge in [0.1, 0.15) is 0 Å². The van der Waals surface area contributed by atoms with E-state index in [0.717, 1.165) is 0 Å². The Morgan fingerprint density at radius 3 is 1.18 bits per heavy atom. The summed E-state index contributed by atoms with van der Waals surface area (Å²) < 4.78 is 4.75. The van der Waals surface area contributed by atoms with Gasteiger partial charge >= 0.3 is 168 Å². The summed E-state index contributed by atoms with van der Waals surface area (Å²) in [6, 6.07) is 0. The van der Waals surface area contributed by atoms with Crippen LogP contribution in [0.15, 0.2) is 0 Å². The molecule has 5 radical (unpaired) electrons. The van der Waals surface area contributed by atoms with Crippen LogP contribution in [0.5, 0.6) is 0 Å². The Hall–Kier alpha value is 1.60. The zero-order chi connectivity index (χ0) is 16.7. The molecule has 0 nitrogen and oxygen atoms in total. The van der Waals surface area contributed by atoms with E-state index >= 15 is 0 Å². The van der Waals surface area contributed by atoms with Crippen molar-refractivity contribution in [3.63, 3.8) is 0 Å². The van der Waals surface area contributed by atoms with Crippen LogP contribution >= 0.6 is 0 Å². The van der Waals surface area contributed by atoms with Gasteiger partial charge in [-0.25, -0.2) is 0 Å². The van der Waals surface area contributed by atoms with Gasteiger partial charge in [0.25, 0.3) is 0 Å². The van der Waals surface area contributed by atoms with Gasteiger partial charge in [0, 0.05) is 0 Å². The summed E-state index contributed by atoms with van der Waals surface area (Å²) in [4.78, 5) is 0. The molecular formula is C20H43Sn2. The van der Waals surface area contributed by atoms with Gasteiger partial charge in [-0.2, -0.15) is 0 Å². The van der Waals surface area contributed by atoms with Crippen molar-refractivity contribution in [3.05, 3.63) is 0 Å². The monoisotopic (exact) mass is 523 g/mol. The Morgan fingerprint density at radius 2 is 0.864 bits per heavy atom. The van der Waals surface area contributed by atoms with Crippen molar-refractivity contribution in [2.24, 2.45) is 0 Å². The molecule has 0 saturated heterocycles. The third-order valence-corrected chi connectivity index (χ3v) is 8.99. The maximum atomic E-state index is 2.30. The summed E-state index contributed by atoms with van der Waals surface area (Å²) >= 11 is 1.76. The van der Waals surface area contributed by atoms with E-state index in [-0.39, 0.29) is 21.1 Å². The van der Waals surface area contributed by atoms with E-state index < -0.39 is 0 Å². The Labute approximate surface area is 166 Å². The van der Waals surface area contributed by atoms with Crippen molar-refractivity contribution in [3.8, 4) is 0 Å². The molecule has 0 bridgehead atoms. The molecule has 0 fully saturated rings. The van der Waals surface area contributed by atoms with E-state index in [1.165, 1.54) is 81.5 Å². The molecule has 2 heteroatoms. The van der Waals surface area contributed by atoms with Gasteiger partial charge in [0.05, 0.1) is 0 Å². The van der Waals surface area contributed by atoms with Gasteiger partial charge in [-0.05, 0) is 0 Å².